The Morgan fingerprint density at radius 2 is 1.45 bits per heavy atom. The SMILES string of the molecule is N#Cc1cccc(C[C@H](C(N)=O)N(Cc2ccc(O)cc2)C(=O)NC(c2ccccc2)c2ccccc2)c1. The molecule has 7 heteroatoms. The zero-order valence-corrected chi connectivity index (χ0v) is 20.7. The monoisotopic (exact) mass is 504 g/mol. The highest BCUT2D eigenvalue weighted by atomic mass is 16.3. The number of carbonyl (C=O) groups excluding carboxylic acids is 2. The average Bonchev–Trinajstić information content (AvgIpc) is 2.95. The fourth-order valence-electron chi connectivity index (χ4n) is 4.33. The predicted molar refractivity (Wildman–Crippen MR) is 145 cm³/mol. The third-order valence-electron chi connectivity index (χ3n) is 6.27. The molecule has 0 aliphatic rings. The summed E-state index contributed by atoms with van der Waals surface area (Å²) in [6, 6.07) is 32.6. The summed E-state index contributed by atoms with van der Waals surface area (Å²) in [6.07, 6.45) is 0.137. The van der Waals surface area contributed by atoms with E-state index in [1.165, 1.54) is 17.0 Å². The standard InChI is InChI=1S/C31H28N4O3/c32-20-24-9-7-8-23(18-24)19-28(30(33)37)35(21-22-14-16-27(36)17-15-22)31(38)34-29(25-10-3-1-4-11-25)26-12-5-2-6-13-26/h1-18,28-29,36H,19,21H2,(H2,33,37)(H,34,38)/t28-/m1/s1. The molecule has 190 valence electrons. The zero-order chi connectivity index (χ0) is 26.9. The van der Waals surface area contributed by atoms with Crippen LogP contribution in [0, 0.1) is 11.3 Å². The number of phenolic OH excluding ortho intramolecular Hbond substituents is 1. The minimum Gasteiger partial charge on any atom is -0.508 e. The van der Waals surface area contributed by atoms with E-state index in [-0.39, 0.29) is 18.7 Å². The third kappa shape index (κ3) is 6.56. The Bertz CT molecular complexity index is 1380. The quantitative estimate of drug-likeness (QED) is 0.307. The largest absolute Gasteiger partial charge is 0.508 e. The van der Waals surface area contributed by atoms with E-state index in [1.54, 1.807) is 36.4 Å². The Labute approximate surface area is 221 Å². The topological polar surface area (TPSA) is 119 Å². The molecule has 0 radical (unpaired) electrons. The van der Waals surface area contributed by atoms with Crippen LogP contribution in [0.4, 0.5) is 4.79 Å². The molecule has 7 nitrogen and oxygen atoms in total. The molecule has 4 rings (SSSR count). The fourth-order valence-corrected chi connectivity index (χ4v) is 4.33. The van der Waals surface area contributed by atoms with Crippen molar-refractivity contribution in [3.8, 4) is 11.8 Å². The van der Waals surface area contributed by atoms with Crippen molar-refractivity contribution in [3.63, 3.8) is 0 Å². The molecule has 0 saturated carbocycles. The third-order valence-corrected chi connectivity index (χ3v) is 6.27. The lowest BCUT2D eigenvalue weighted by molar-refractivity contribution is -0.122. The van der Waals surface area contributed by atoms with Crippen LogP contribution in [0.15, 0.2) is 109 Å². The van der Waals surface area contributed by atoms with Crippen molar-refractivity contribution in [1.29, 1.82) is 5.26 Å². The van der Waals surface area contributed by atoms with Gasteiger partial charge < -0.3 is 21.1 Å². The van der Waals surface area contributed by atoms with Crippen LogP contribution >= 0.6 is 0 Å². The zero-order valence-electron chi connectivity index (χ0n) is 20.7. The minimum absolute atomic E-state index is 0.0773. The van der Waals surface area contributed by atoms with Gasteiger partial charge in [-0.3, -0.25) is 4.79 Å². The van der Waals surface area contributed by atoms with Crippen molar-refractivity contribution in [3.05, 3.63) is 137 Å². The molecule has 38 heavy (non-hydrogen) atoms. The molecule has 4 aromatic carbocycles. The van der Waals surface area contributed by atoms with Crippen LogP contribution in [0.2, 0.25) is 0 Å². The van der Waals surface area contributed by atoms with Gasteiger partial charge in [-0.15, -0.1) is 0 Å². The highest BCUT2D eigenvalue weighted by molar-refractivity contribution is 5.86. The van der Waals surface area contributed by atoms with E-state index in [1.807, 2.05) is 60.7 Å². The first-order valence-electron chi connectivity index (χ1n) is 12.2. The summed E-state index contributed by atoms with van der Waals surface area (Å²) < 4.78 is 0. The summed E-state index contributed by atoms with van der Waals surface area (Å²) in [5.41, 5.74) is 9.50. The van der Waals surface area contributed by atoms with E-state index < -0.39 is 24.0 Å². The molecule has 4 aromatic rings. The van der Waals surface area contributed by atoms with Crippen LogP contribution in [0.5, 0.6) is 5.75 Å². The van der Waals surface area contributed by atoms with E-state index in [4.69, 9.17) is 5.73 Å². The first-order valence-corrected chi connectivity index (χ1v) is 12.2. The van der Waals surface area contributed by atoms with Gasteiger partial charge in [-0.05, 0) is 46.5 Å². The van der Waals surface area contributed by atoms with Crippen LogP contribution in [-0.2, 0) is 17.8 Å². The smallest absolute Gasteiger partial charge is 0.319 e. The van der Waals surface area contributed by atoms with Crippen LogP contribution < -0.4 is 11.1 Å². The van der Waals surface area contributed by atoms with Crippen molar-refractivity contribution in [2.24, 2.45) is 5.73 Å². The highest BCUT2D eigenvalue weighted by Gasteiger charge is 2.31. The fraction of sp³-hybridized carbons (Fsp3) is 0.129. The molecule has 0 aliphatic carbocycles. The number of amides is 3. The molecule has 0 aliphatic heterocycles. The van der Waals surface area contributed by atoms with Gasteiger partial charge in [-0.1, -0.05) is 84.9 Å². The molecule has 4 N–H and O–H groups in total. The number of phenols is 1. The van der Waals surface area contributed by atoms with Gasteiger partial charge in [0.1, 0.15) is 11.8 Å². The summed E-state index contributed by atoms with van der Waals surface area (Å²) in [6.45, 7) is 0.0773. The second-order valence-corrected chi connectivity index (χ2v) is 8.93. The second-order valence-electron chi connectivity index (χ2n) is 8.93. The number of nitriles is 1. The first kappa shape index (κ1) is 26.0. The van der Waals surface area contributed by atoms with Crippen molar-refractivity contribution in [1.82, 2.24) is 10.2 Å². The van der Waals surface area contributed by atoms with Crippen LogP contribution in [-0.4, -0.2) is 28.0 Å². The molecule has 0 fully saturated rings. The average molecular weight is 505 g/mol. The van der Waals surface area contributed by atoms with Crippen LogP contribution in [0.3, 0.4) is 0 Å². The molecule has 0 aromatic heterocycles. The van der Waals surface area contributed by atoms with Crippen molar-refractivity contribution < 1.29 is 14.7 Å². The molecular weight excluding hydrogens is 476 g/mol. The normalized spacial score (nSPS) is 11.4. The number of nitrogens with two attached hydrogens (primary N) is 1. The van der Waals surface area contributed by atoms with Gasteiger partial charge >= 0.3 is 6.03 Å². The predicted octanol–water partition coefficient (Wildman–Crippen LogP) is 4.66. The lowest BCUT2D eigenvalue weighted by Crippen LogP contribution is -2.52. The number of benzene rings is 4. The Morgan fingerprint density at radius 1 is 0.842 bits per heavy atom. The molecule has 0 saturated heterocycles. The number of rotatable bonds is 9. The van der Waals surface area contributed by atoms with Crippen molar-refractivity contribution in [2.45, 2.75) is 25.0 Å². The van der Waals surface area contributed by atoms with Crippen LogP contribution in [0.1, 0.15) is 33.9 Å². The number of hydrogen-bond acceptors (Lipinski definition) is 4. The van der Waals surface area contributed by atoms with Crippen LogP contribution in [0.25, 0.3) is 0 Å². The number of nitrogens with one attached hydrogen (secondary N) is 1. The van der Waals surface area contributed by atoms with E-state index in [0.717, 1.165) is 11.1 Å². The molecule has 0 heterocycles. The summed E-state index contributed by atoms with van der Waals surface area (Å²) in [5, 5.41) is 22.1. The molecule has 3 amide bonds. The highest BCUT2D eigenvalue weighted by Crippen LogP contribution is 2.24. The maximum Gasteiger partial charge on any atom is 0.319 e. The maximum absolute atomic E-state index is 13.9. The van der Waals surface area contributed by atoms with Crippen molar-refractivity contribution in [2.75, 3.05) is 0 Å². The number of hydrogen-bond donors (Lipinski definition) is 3. The lowest BCUT2D eigenvalue weighted by Gasteiger charge is -2.32. The van der Waals surface area contributed by atoms with E-state index in [2.05, 4.69) is 11.4 Å². The summed E-state index contributed by atoms with van der Waals surface area (Å²) in [4.78, 5) is 28.1. The maximum atomic E-state index is 13.9. The first-order chi connectivity index (χ1) is 18.4. The van der Waals surface area contributed by atoms with E-state index in [9.17, 15) is 20.0 Å². The summed E-state index contributed by atoms with van der Waals surface area (Å²) >= 11 is 0. The number of aromatic hydroxyl groups is 1. The van der Waals surface area contributed by atoms with Gasteiger partial charge in [0.15, 0.2) is 0 Å². The molecule has 1 atom stereocenters. The molecule has 0 spiro atoms. The Hall–Kier alpha value is -5.09. The summed E-state index contributed by atoms with van der Waals surface area (Å²) in [7, 11) is 0. The van der Waals surface area contributed by atoms with E-state index >= 15 is 0 Å². The molecular formula is C31H28N4O3. The van der Waals surface area contributed by atoms with E-state index in [0.29, 0.717) is 16.7 Å². The summed E-state index contributed by atoms with van der Waals surface area (Å²) in [5.74, 6) is -0.574. The van der Waals surface area contributed by atoms with Crippen molar-refractivity contribution >= 4 is 11.9 Å². The molecule has 0 unspecified atom stereocenters. The van der Waals surface area contributed by atoms with Gasteiger partial charge in [0.25, 0.3) is 0 Å². The van der Waals surface area contributed by atoms with Gasteiger partial charge in [-0.25, -0.2) is 4.79 Å². The number of urea groups is 1. The molecule has 0 bridgehead atoms. The Balaban J connectivity index is 1.70. The second kappa shape index (κ2) is 12.2. The van der Waals surface area contributed by atoms with Gasteiger partial charge in [0.2, 0.25) is 5.91 Å². The lowest BCUT2D eigenvalue weighted by atomic mass is 9.98. The Morgan fingerprint density at radius 3 is 2.00 bits per heavy atom. The number of primary amides is 1. The Kier molecular flexibility index (Phi) is 8.37. The van der Waals surface area contributed by atoms with Gasteiger partial charge in [0, 0.05) is 13.0 Å². The minimum atomic E-state index is -0.995. The van der Waals surface area contributed by atoms with Gasteiger partial charge in [0.05, 0.1) is 17.7 Å². The number of nitrogens with zero attached hydrogens (tertiary/aromatic N) is 2. The number of carbonyl (C=O) groups is 2. The van der Waals surface area contributed by atoms with Gasteiger partial charge in [-0.2, -0.15) is 5.26 Å².